The summed E-state index contributed by atoms with van der Waals surface area (Å²) in [6, 6.07) is 6.68. The highest BCUT2D eigenvalue weighted by Crippen LogP contribution is 2.40. The van der Waals surface area contributed by atoms with Crippen molar-refractivity contribution in [3.63, 3.8) is 0 Å². The lowest BCUT2D eigenvalue weighted by Crippen LogP contribution is -2.22. The maximum Gasteiger partial charge on any atom is 0.120 e. The summed E-state index contributed by atoms with van der Waals surface area (Å²) in [6.07, 6.45) is 4.01. The average molecular weight is 268 g/mol. The molecule has 1 aliphatic carbocycles. The van der Waals surface area contributed by atoms with Crippen LogP contribution in [0.1, 0.15) is 41.6 Å². The molecule has 1 N–H and O–H groups in total. The van der Waals surface area contributed by atoms with Crippen LogP contribution in [-0.4, -0.2) is 0 Å². The third kappa shape index (κ3) is 2.15. The molecule has 2 nitrogen and oxygen atoms in total. The van der Waals surface area contributed by atoms with E-state index in [1.807, 2.05) is 12.1 Å². The molecular formula is C13H14ClNOS. The van der Waals surface area contributed by atoms with Gasteiger partial charge in [-0.2, -0.15) is 0 Å². The molecule has 3 rings (SSSR count). The minimum Gasteiger partial charge on any atom is -0.468 e. The Hall–Kier alpha value is -0.770. The van der Waals surface area contributed by atoms with Crippen LogP contribution in [0.3, 0.4) is 0 Å². The fourth-order valence-electron chi connectivity index (χ4n) is 2.42. The van der Waals surface area contributed by atoms with Gasteiger partial charge in [0.05, 0.1) is 16.6 Å². The molecule has 1 aliphatic rings. The first kappa shape index (κ1) is 11.3. The van der Waals surface area contributed by atoms with Gasteiger partial charge in [0.25, 0.3) is 0 Å². The number of thiophene rings is 1. The van der Waals surface area contributed by atoms with Crippen LogP contribution >= 0.6 is 22.9 Å². The van der Waals surface area contributed by atoms with Crippen molar-refractivity contribution in [2.24, 2.45) is 0 Å². The van der Waals surface area contributed by atoms with E-state index in [9.17, 15) is 0 Å². The van der Waals surface area contributed by atoms with Crippen molar-refractivity contribution >= 4 is 22.9 Å². The smallest absolute Gasteiger partial charge is 0.120 e. The van der Waals surface area contributed by atoms with E-state index >= 15 is 0 Å². The summed E-state index contributed by atoms with van der Waals surface area (Å²) in [7, 11) is 0. The van der Waals surface area contributed by atoms with Gasteiger partial charge in [-0.25, -0.2) is 0 Å². The van der Waals surface area contributed by atoms with Crippen LogP contribution in [-0.2, 0) is 6.42 Å². The molecule has 0 spiro atoms. The molecule has 2 heterocycles. The Morgan fingerprint density at radius 2 is 2.47 bits per heavy atom. The minimum atomic E-state index is 0.236. The van der Waals surface area contributed by atoms with Crippen molar-refractivity contribution < 1.29 is 4.42 Å². The SMILES string of the molecule is C[C@H](NC1CCc2sc(Cl)cc21)c1ccco1. The first-order valence-corrected chi connectivity index (χ1v) is 7.01. The maximum atomic E-state index is 6.05. The van der Waals surface area contributed by atoms with Crippen LogP contribution in [0.2, 0.25) is 4.34 Å². The molecule has 0 aromatic carbocycles. The Morgan fingerprint density at radius 1 is 1.59 bits per heavy atom. The standard InChI is InChI=1S/C13H14ClNOS/c1-8(11-3-2-6-16-11)15-10-4-5-12-9(10)7-13(14)17-12/h2-3,6-8,10,15H,4-5H2,1H3/t8-,10?/m0/s1. The molecule has 90 valence electrons. The zero-order chi connectivity index (χ0) is 11.8. The summed E-state index contributed by atoms with van der Waals surface area (Å²) < 4.78 is 6.31. The Bertz CT molecular complexity index is 505. The topological polar surface area (TPSA) is 25.2 Å². The van der Waals surface area contributed by atoms with Gasteiger partial charge < -0.3 is 9.73 Å². The van der Waals surface area contributed by atoms with Crippen molar-refractivity contribution in [3.05, 3.63) is 45.0 Å². The second-order valence-corrected chi connectivity index (χ2v) is 6.19. The number of halogens is 1. The number of rotatable bonds is 3. The molecule has 0 amide bonds. The lowest BCUT2D eigenvalue weighted by molar-refractivity contribution is 0.391. The first-order valence-electron chi connectivity index (χ1n) is 5.81. The van der Waals surface area contributed by atoms with E-state index < -0.39 is 0 Å². The zero-order valence-electron chi connectivity index (χ0n) is 9.57. The summed E-state index contributed by atoms with van der Waals surface area (Å²) in [5.41, 5.74) is 1.37. The molecule has 17 heavy (non-hydrogen) atoms. The third-order valence-electron chi connectivity index (χ3n) is 3.27. The number of fused-ring (bicyclic) bond motifs is 1. The van der Waals surface area contributed by atoms with Gasteiger partial charge >= 0.3 is 0 Å². The van der Waals surface area contributed by atoms with Gasteiger partial charge in [0.15, 0.2) is 0 Å². The third-order valence-corrected chi connectivity index (χ3v) is 4.61. The van der Waals surface area contributed by atoms with Crippen LogP contribution in [0.5, 0.6) is 0 Å². The summed E-state index contributed by atoms with van der Waals surface area (Å²) in [5, 5.41) is 3.61. The second kappa shape index (κ2) is 4.48. The highest BCUT2D eigenvalue weighted by atomic mass is 35.5. The number of hydrogen-bond acceptors (Lipinski definition) is 3. The summed E-state index contributed by atoms with van der Waals surface area (Å²) in [6.45, 7) is 2.13. The van der Waals surface area contributed by atoms with Crippen LogP contribution in [0, 0.1) is 0 Å². The second-order valence-electron chi connectivity index (χ2n) is 4.42. The lowest BCUT2D eigenvalue weighted by atomic mass is 10.1. The highest BCUT2D eigenvalue weighted by molar-refractivity contribution is 7.16. The van der Waals surface area contributed by atoms with Crippen molar-refractivity contribution in [3.8, 4) is 0 Å². The lowest BCUT2D eigenvalue weighted by Gasteiger charge is -2.18. The maximum absolute atomic E-state index is 6.05. The van der Waals surface area contributed by atoms with Crippen molar-refractivity contribution in [1.82, 2.24) is 5.32 Å². The van der Waals surface area contributed by atoms with Crippen LogP contribution in [0.15, 0.2) is 28.9 Å². The van der Waals surface area contributed by atoms with Gasteiger partial charge in [-0.05, 0) is 43.5 Å². The molecule has 0 fully saturated rings. The van der Waals surface area contributed by atoms with Crippen molar-refractivity contribution in [2.75, 3.05) is 0 Å². The molecule has 0 saturated heterocycles. The van der Waals surface area contributed by atoms with Gasteiger partial charge in [-0.3, -0.25) is 0 Å². The average Bonchev–Trinajstić information content (AvgIpc) is 2.96. The Labute approximate surface area is 110 Å². The Morgan fingerprint density at radius 3 is 3.24 bits per heavy atom. The summed E-state index contributed by atoms with van der Waals surface area (Å²) in [5.74, 6) is 0.986. The quantitative estimate of drug-likeness (QED) is 0.895. The monoisotopic (exact) mass is 267 g/mol. The number of nitrogens with one attached hydrogen (secondary N) is 1. The number of aryl methyl sites for hydroxylation is 1. The van der Waals surface area contributed by atoms with E-state index in [-0.39, 0.29) is 6.04 Å². The van der Waals surface area contributed by atoms with E-state index in [1.165, 1.54) is 10.4 Å². The normalized spacial score (nSPS) is 20.5. The van der Waals surface area contributed by atoms with Crippen molar-refractivity contribution in [2.45, 2.75) is 31.8 Å². The first-order chi connectivity index (χ1) is 8.24. The molecule has 0 bridgehead atoms. The summed E-state index contributed by atoms with van der Waals surface area (Å²) in [4.78, 5) is 1.43. The van der Waals surface area contributed by atoms with E-state index in [2.05, 4.69) is 18.3 Å². The Kier molecular flexibility index (Phi) is 2.99. The molecule has 4 heteroatoms. The van der Waals surface area contributed by atoms with E-state index in [0.29, 0.717) is 6.04 Å². The van der Waals surface area contributed by atoms with Gasteiger partial charge in [0, 0.05) is 10.9 Å². The molecule has 2 atom stereocenters. The molecule has 2 aromatic heterocycles. The van der Waals surface area contributed by atoms with Crippen molar-refractivity contribution in [1.29, 1.82) is 0 Å². The largest absolute Gasteiger partial charge is 0.468 e. The molecular weight excluding hydrogens is 254 g/mol. The van der Waals surface area contributed by atoms with Crippen LogP contribution < -0.4 is 5.32 Å². The Balaban J connectivity index is 1.75. The van der Waals surface area contributed by atoms with Gasteiger partial charge in [-0.1, -0.05) is 11.6 Å². The molecule has 0 saturated carbocycles. The van der Waals surface area contributed by atoms with Gasteiger partial charge in [0.2, 0.25) is 0 Å². The minimum absolute atomic E-state index is 0.236. The molecule has 0 radical (unpaired) electrons. The predicted molar refractivity (Wildman–Crippen MR) is 70.6 cm³/mol. The van der Waals surface area contributed by atoms with E-state index in [1.54, 1.807) is 17.6 Å². The fourth-order valence-corrected chi connectivity index (χ4v) is 3.78. The van der Waals surface area contributed by atoms with Crippen LogP contribution in [0.4, 0.5) is 0 Å². The number of hydrogen-bond donors (Lipinski definition) is 1. The highest BCUT2D eigenvalue weighted by Gasteiger charge is 2.26. The fraction of sp³-hybridized carbons (Fsp3) is 0.385. The van der Waals surface area contributed by atoms with Gasteiger partial charge in [0.1, 0.15) is 5.76 Å². The van der Waals surface area contributed by atoms with E-state index in [0.717, 1.165) is 22.9 Å². The van der Waals surface area contributed by atoms with Crippen LogP contribution in [0.25, 0.3) is 0 Å². The zero-order valence-corrected chi connectivity index (χ0v) is 11.1. The molecule has 1 unspecified atom stereocenters. The molecule has 2 aromatic rings. The predicted octanol–water partition coefficient (Wildman–Crippen LogP) is 4.33. The molecule has 0 aliphatic heterocycles. The summed E-state index contributed by atoms with van der Waals surface area (Å²) >= 11 is 7.76. The van der Waals surface area contributed by atoms with Gasteiger partial charge in [-0.15, -0.1) is 11.3 Å². The van der Waals surface area contributed by atoms with E-state index in [4.69, 9.17) is 16.0 Å². The number of furan rings is 1.